The van der Waals surface area contributed by atoms with Crippen molar-refractivity contribution in [3.63, 3.8) is 0 Å². The Morgan fingerprint density at radius 2 is 2.08 bits per heavy atom. The number of hydrogen-bond acceptors (Lipinski definition) is 1. The van der Waals surface area contributed by atoms with Crippen molar-refractivity contribution in [1.29, 1.82) is 0 Å². The second kappa shape index (κ2) is 3.57. The lowest BCUT2D eigenvalue weighted by molar-refractivity contribution is 0.467. The van der Waals surface area contributed by atoms with Gasteiger partial charge in [-0.2, -0.15) is 0 Å². The van der Waals surface area contributed by atoms with E-state index in [-0.39, 0.29) is 11.6 Å². The van der Waals surface area contributed by atoms with Crippen LogP contribution in [0.2, 0.25) is 0 Å². The molecule has 0 spiro atoms. The minimum atomic E-state index is -0.370. The molecular weight excluding hydrogens is 155 g/mol. The van der Waals surface area contributed by atoms with E-state index < -0.39 is 0 Å². The highest BCUT2D eigenvalue weighted by molar-refractivity contribution is 5.30. The Morgan fingerprint density at radius 3 is 2.58 bits per heavy atom. The predicted molar refractivity (Wildman–Crippen MR) is 46.8 cm³/mol. The molecule has 0 heterocycles. The lowest BCUT2D eigenvalue weighted by atomic mass is 9.98. The van der Waals surface area contributed by atoms with Crippen LogP contribution in [0.25, 0.3) is 0 Å². The minimum absolute atomic E-state index is 0.00491. The van der Waals surface area contributed by atoms with Crippen LogP contribution in [0.15, 0.2) is 18.2 Å². The zero-order valence-corrected chi connectivity index (χ0v) is 7.34. The van der Waals surface area contributed by atoms with E-state index in [1.807, 2.05) is 13.8 Å². The molecule has 0 radical (unpaired) electrons. The van der Waals surface area contributed by atoms with Crippen LogP contribution in [0.4, 0.5) is 4.39 Å². The summed E-state index contributed by atoms with van der Waals surface area (Å²) in [6.45, 7) is 4.04. The van der Waals surface area contributed by atoms with Gasteiger partial charge in [-0.25, -0.2) is 4.39 Å². The molecule has 0 saturated heterocycles. The molecule has 0 fully saturated rings. The van der Waals surface area contributed by atoms with Crippen LogP contribution in [0.1, 0.15) is 31.7 Å². The third-order valence-electron chi connectivity index (χ3n) is 2.09. The number of phenols is 1. The van der Waals surface area contributed by atoms with Crippen molar-refractivity contribution >= 4 is 0 Å². The molecule has 0 aliphatic carbocycles. The van der Waals surface area contributed by atoms with Crippen molar-refractivity contribution in [2.24, 2.45) is 0 Å². The van der Waals surface area contributed by atoms with Gasteiger partial charge in [0.1, 0.15) is 11.6 Å². The van der Waals surface area contributed by atoms with Crippen LogP contribution in [0, 0.1) is 5.82 Å². The van der Waals surface area contributed by atoms with Crippen LogP contribution >= 0.6 is 0 Å². The molecule has 1 aromatic rings. The molecule has 1 aromatic carbocycles. The van der Waals surface area contributed by atoms with Gasteiger partial charge in [0.25, 0.3) is 0 Å². The molecule has 0 aliphatic heterocycles. The first kappa shape index (κ1) is 9.04. The third-order valence-corrected chi connectivity index (χ3v) is 2.09. The molecule has 1 N–H and O–H groups in total. The maximum Gasteiger partial charge on any atom is 0.127 e. The molecule has 0 aliphatic rings. The highest BCUT2D eigenvalue weighted by Crippen LogP contribution is 2.23. The minimum Gasteiger partial charge on any atom is -0.508 e. The molecule has 0 bridgehead atoms. The molecule has 1 atom stereocenters. The molecule has 66 valence electrons. The summed E-state index contributed by atoms with van der Waals surface area (Å²) in [6, 6.07) is 4.19. The largest absolute Gasteiger partial charge is 0.508 e. The third kappa shape index (κ3) is 1.97. The normalized spacial score (nSPS) is 12.9. The number of hydrogen-bond donors (Lipinski definition) is 1. The summed E-state index contributed by atoms with van der Waals surface area (Å²) in [5, 5.41) is 9.10. The van der Waals surface area contributed by atoms with Gasteiger partial charge in [0.2, 0.25) is 0 Å². The van der Waals surface area contributed by atoms with Crippen LogP contribution in [-0.4, -0.2) is 5.11 Å². The fraction of sp³-hybridized carbons (Fsp3) is 0.400. The maximum absolute atomic E-state index is 12.8. The van der Waals surface area contributed by atoms with E-state index in [0.717, 1.165) is 18.1 Å². The summed E-state index contributed by atoms with van der Waals surface area (Å²) in [6.07, 6.45) is 0.947. The van der Waals surface area contributed by atoms with Gasteiger partial charge in [0.15, 0.2) is 0 Å². The van der Waals surface area contributed by atoms with E-state index in [0.29, 0.717) is 5.92 Å². The molecule has 1 rings (SSSR count). The second-order valence-electron chi connectivity index (χ2n) is 3.05. The summed E-state index contributed by atoms with van der Waals surface area (Å²) in [7, 11) is 0. The first-order valence-electron chi connectivity index (χ1n) is 4.13. The number of phenolic OH excluding ortho intramolecular Hbond substituents is 1. The monoisotopic (exact) mass is 168 g/mol. The van der Waals surface area contributed by atoms with E-state index in [9.17, 15) is 4.39 Å². The summed E-state index contributed by atoms with van der Waals surface area (Å²) in [4.78, 5) is 0. The lowest BCUT2D eigenvalue weighted by Crippen LogP contribution is -1.91. The molecular formula is C10H13FO. The average Bonchev–Trinajstić information content (AvgIpc) is 2.01. The molecule has 0 amide bonds. The topological polar surface area (TPSA) is 20.2 Å². The van der Waals surface area contributed by atoms with Gasteiger partial charge in [-0.1, -0.05) is 13.8 Å². The molecule has 1 nitrogen and oxygen atoms in total. The van der Waals surface area contributed by atoms with Gasteiger partial charge >= 0.3 is 0 Å². The first-order chi connectivity index (χ1) is 5.63. The molecule has 0 aromatic heterocycles. The zero-order chi connectivity index (χ0) is 9.14. The van der Waals surface area contributed by atoms with E-state index in [4.69, 9.17) is 5.11 Å². The van der Waals surface area contributed by atoms with E-state index in [2.05, 4.69) is 0 Å². The number of rotatable bonds is 2. The van der Waals surface area contributed by atoms with Crippen molar-refractivity contribution in [2.75, 3.05) is 0 Å². The SMILES string of the molecule is CCC(C)c1cc(O)cc(F)c1. The van der Waals surface area contributed by atoms with Gasteiger partial charge in [-0.05, 0) is 30.0 Å². The highest BCUT2D eigenvalue weighted by atomic mass is 19.1. The van der Waals surface area contributed by atoms with Gasteiger partial charge in [-0.3, -0.25) is 0 Å². The van der Waals surface area contributed by atoms with Gasteiger partial charge in [0, 0.05) is 6.07 Å². The van der Waals surface area contributed by atoms with E-state index >= 15 is 0 Å². The Kier molecular flexibility index (Phi) is 2.69. The van der Waals surface area contributed by atoms with Crippen LogP contribution in [0.5, 0.6) is 5.75 Å². The number of benzene rings is 1. The lowest BCUT2D eigenvalue weighted by Gasteiger charge is -2.08. The van der Waals surface area contributed by atoms with Crippen molar-refractivity contribution in [2.45, 2.75) is 26.2 Å². The number of aromatic hydroxyl groups is 1. The Hall–Kier alpha value is -1.05. The summed E-state index contributed by atoms with van der Waals surface area (Å²) < 4.78 is 12.8. The van der Waals surface area contributed by atoms with Crippen molar-refractivity contribution in [1.82, 2.24) is 0 Å². The summed E-state index contributed by atoms with van der Waals surface area (Å²) >= 11 is 0. The Morgan fingerprint density at radius 1 is 1.42 bits per heavy atom. The fourth-order valence-corrected chi connectivity index (χ4v) is 1.12. The fourth-order valence-electron chi connectivity index (χ4n) is 1.12. The van der Waals surface area contributed by atoms with Crippen molar-refractivity contribution in [3.05, 3.63) is 29.6 Å². The smallest absolute Gasteiger partial charge is 0.127 e. The zero-order valence-electron chi connectivity index (χ0n) is 7.34. The maximum atomic E-state index is 12.8. The molecule has 2 heteroatoms. The molecule has 1 unspecified atom stereocenters. The quantitative estimate of drug-likeness (QED) is 0.719. The van der Waals surface area contributed by atoms with Gasteiger partial charge in [0.05, 0.1) is 0 Å². The van der Waals surface area contributed by atoms with E-state index in [1.54, 1.807) is 6.07 Å². The average molecular weight is 168 g/mol. The summed E-state index contributed by atoms with van der Waals surface area (Å²) in [5.74, 6) is -0.0674. The Balaban J connectivity index is 3.00. The van der Waals surface area contributed by atoms with Crippen LogP contribution in [0.3, 0.4) is 0 Å². The number of halogens is 1. The molecule has 0 saturated carbocycles. The highest BCUT2D eigenvalue weighted by Gasteiger charge is 2.05. The van der Waals surface area contributed by atoms with Crippen LogP contribution < -0.4 is 0 Å². The second-order valence-corrected chi connectivity index (χ2v) is 3.05. The van der Waals surface area contributed by atoms with Crippen molar-refractivity contribution < 1.29 is 9.50 Å². The van der Waals surface area contributed by atoms with Gasteiger partial charge < -0.3 is 5.11 Å². The van der Waals surface area contributed by atoms with Gasteiger partial charge in [-0.15, -0.1) is 0 Å². The van der Waals surface area contributed by atoms with E-state index in [1.165, 1.54) is 6.07 Å². The summed E-state index contributed by atoms with van der Waals surface area (Å²) in [5.41, 5.74) is 0.856. The first-order valence-corrected chi connectivity index (χ1v) is 4.13. The Labute approximate surface area is 71.9 Å². The predicted octanol–water partition coefficient (Wildman–Crippen LogP) is 3.04. The van der Waals surface area contributed by atoms with Crippen molar-refractivity contribution in [3.8, 4) is 5.75 Å². The van der Waals surface area contributed by atoms with Crippen LogP contribution in [-0.2, 0) is 0 Å². The Bertz CT molecular complexity index is 250. The standard InChI is InChI=1S/C10H13FO/c1-3-7(2)8-4-9(11)6-10(12)5-8/h4-7,12H,3H2,1-2H3. The molecule has 12 heavy (non-hydrogen) atoms.